The molecule has 1 unspecified atom stereocenters. The Morgan fingerprint density at radius 2 is 2.00 bits per heavy atom. The van der Waals surface area contributed by atoms with E-state index in [0.29, 0.717) is 5.57 Å². The minimum Gasteiger partial charge on any atom is -0.394 e. The van der Waals surface area contributed by atoms with Crippen LogP contribution < -0.4 is 0 Å². The number of aliphatic hydroxyl groups is 1. The van der Waals surface area contributed by atoms with Gasteiger partial charge in [-0.05, 0) is 19.1 Å². The third-order valence-electron chi connectivity index (χ3n) is 3.32. The van der Waals surface area contributed by atoms with E-state index in [0.717, 1.165) is 9.80 Å². The summed E-state index contributed by atoms with van der Waals surface area (Å²) in [6.45, 7) is 2.09. The molecule has 5 heteroatoms. The molecule has 0 bridgehead atoms. The van der Waals surface area contributed by atoms with Crippen LogP contribution >= 0.6 is 11.8 Å². The number of hydrogen-bond acceptors (Lipinski definition) is 5. The number of carbonyl (C=O) groups excluding carboxylic acids is 2. The van der Waals surface area contributed by atoms with E-state index in [9.17, 15) is 9.59 Å². The van der Waals surface area contributed by atoms with Gasteiger partial charge in [0.2, 0.25) is 0 Å². The van der Waals surface area contributed by atoms with Gasteiger partial charge in [-0.2, -0.15) is 0 Å². The number of aliphatic hydroxyl groups excluding tert-OH is 1. The summed E-state index contributed by atoms with van der Waals surface area (Å²) in [5.74, 6) is -0.640. The normalized spacial score (nSPS) is 19.2. The van der Waals surface area contributed by atoms with Crippen molar-refractivity contribution < 1.29 is 19.4 Å². The Kier molecular flexibility index (Phi) is 5.73. The van der Waals surface area contributed by atoms with Gasteiger partial charge in [-0.1, -0.05) is 30.0 Å². The first-order valence-corrected chi connectivity index (χ1v) is 7.63. The second-order valence-corrected chi connectivity index (χ2v) is 5.94. The van der Waals surface area contributed by atoms with Crippen LogP contribution in [0.4, 0.5) is 0 Å². The first kappa shape index (κ1) is 15.9. The molecule has 0 saturated carbocycles. The van der Waals surface area contributed by atoms with E-state index in [-0.39, 0.29) is 37.8 Å². The van der Waals surface area contributed by atoms with Crippen molar-refractivity contribution in [1.82, 2.24) is 0 Å². The summed E-state index contributed by atoms with van der Waals surface area (Å²) in [5.41, 5.74) is 0.640. The molecular weight excluding hydrogens is 288 g/mol. The fourth-order valence-electron chi connectivity index (χ4n) is 2.16. The van der Waals surface area contributed by atoms with Gasteiger partial charge in [-0.25, -0.2) is 0 Å². The number of carbonyl (C=O) groups is 2. The molecule has 1 aromatic carbocycles. The van der Waals surface area contributed by atoms with Gasteiger partial charge in [0.15, 0.2) is 11.6 Å². The van der Waals surface area contributed by atoms with Gasteiger partial charge in [-0.15, -0.1) is 0 Å². The van der Waals surface area contributed by atoms with E-state index < -0.39 is 5.92 Å². The summed E-state index contributed by atoms with van der Waals surface area (Å²) in [5, 5.41) is 8.78. The zero-order valence-corrected chi connectivity index (χ0v) is 12.7. The van der Waals surface area contributed by atoms with E-state index >= 15 is 0 Å². The molecule has 1 aliphatic carbocycles. The maximum Gasteiger partial charge on any atom is 0.166 e. The summed E-state index contributed by atoms with van der Waals surface area (Å²) in [4.78, 5) is 25.8. The summed E-state index contributed by atoms with van der Waals surface area (Å²) in [7, 11) is 0. The number of hydrogen-bond donors (Lipinski definition) is 1. The highest BCUT2D eigenvalue weighted by Crippen LogP contribution is 2.38. The number of rotatable bonds is 6. The van der Waals surface area contributed by atoms with Crippen LogP contribution in [0.2, 0.25) is 0 Å². The Morgan fingerprint density at radius 1 is 1.29 bits per heavy atom. The van der Waals surface area contributed by atoms with Crippen molar-refractivity contribution in [3.8, 4) is 0 Å². The third kappa shape index (κ3) is 4.03. The van der Waals surface area contributed by atoms with Crippen LogP contribution in [0.1, 0.15) is 13.3 Å². The Bertz CT molecular complexity index is 551. The Balaban J connectivity index is 2.23. The molecule has 0 amide bonds. The molecule has 2 rings (SSSR count). The van der Waals surface area contributed by atoms with Gasteiger partial charge in [0.05, 0.1) is 32.2 Å². The molecule has 112 valence electrons. The number of benzene rings is 1. The third-order valence-corrected chi connectivity index (χ3v) is 4.64. The lowest BCUT2D eigenvalue weighted by Gasteiger charge is -2.25. The van der Waals surface area contributed by atoms with E-state index in [1.54, 1.807) is 6.92 Å². The molecule has 0 saturated heterocycles. The molecule has 1 N–H and O–H groups in total. The van der Waals surface area contributed by atoms with Gasteiger partial charge in [0.1, 0.15) is 0 Å². The van der Waals surface area contributed by atoms with Gasteiger partial charge in [0, 0.05) is 15.4 Å². The van der Waals surface area contributed by atoms with Crippen LogP contribution in [-0.2, 0) is 14.3 Å². The molecule has 4 nitrogen and oxygen atoms in total. The summed E-state index contributed by atoms with van der Waals surface area (Å²) < 4.78 is 5.31. The van der Waals surface area contributed by atoms with Crippen LogP contribution in [0, 0.1) is 5.92 Å². The van der Waals surface area contributed by atoms with Crippen molar-refractivity contribution in [1.29, 1.82) is 0 Å². The summed E-state index contributed by atoms with van der Waals surface area (Å²) in [6, 6.07) is 9.65. The van der Waals surface area contributed by atoms with E-state index in [4.69, 9.17) is 9.84 Å². The smallest absolute Gasteiger partial charge is 0.166 e. The topological polar surface area (TPSA) is 63.6 Å². The monoisotopic (exact) mass is 306 g/mol. The predicted molar refractivity (Wildman–Crippen MR) is 81.0 cm³/mol. The predicted octanol–water partition coefficient (Wildman–Crippen LogP) is 2.22. The Labute approximate surface area is 128 Å². The van der Waals surface area contributed by atoms with Crippen molar-refractivity contribution in [2.45, 2.75) is 18.2 Å². The highest BCUT2D eigenvalue weighted by Gasteiger charge is 2.33. The van der Waals surface area contributed by atoms with Gasteiger partial charge >= 0.3 is 0 Å². The van der Waals surface area contributed by atoms with E-state index in [1.807, 2.05) is 30.3 Å². The number of ether oxygens (including phenoxy) is 1. The first-order chi connectivity index (χ1) is 10.1. The molecule has 0 radical (unpaired) electrons. The maximum atomic E-state index is 12.1. The van der Waals surface area contributed by atoms with Crippen LogP contribution in [-0.4, -0.2) is 36.5 Å². The zero-order chi connectivity index (χ0) is 15.2. The van der Waals surface area contributed by atoms with Crippen molar-refractivity contribution >= 4 is 23.3 Å². The molecule has 1 aromatic rings. The Morgan fingerprint density at radius 3 is 2.67 bits per heavy atom. The SMILES string of the molecule is CC1=C(Sc2ccccc2)C(COCCO)C(=O)CC1=O. The van der Waals surface area contributed by atoms with Gasteiger partial charge in [0.25, 0.3) is 0 Å². The highest BCUT2D eigenvalue weighted by atomic mass is 32.2. The Hall–Kier alpha value is -1.43. The standard InChI is InChI=1S/C16H18O4S/c1-11-14(18)9-15(19)13(10-20-8-7-17)16(11)21-12-5-3-2-4-6-12/h2-6,13,17H,7-10H2,1H3. The van der Waals surface area contributed by atoms with E-state index in [2.05, 4.69) is 0 Å². The molecule has 21 heavy (non-hydrogen) atoms. The van der Waals surface area contributed by atoms with Crippen molar-refractivity contribution in [2.24, 2.45) is 5.92 Å². The average molecular weight is 306 g/mol. The fourth-order valence-corrected chi connectivity index (χ4v) is 3.31. The summed E-state index contributed by atoms with van der Waals surface area (Å²) >= 11 is 1.44. The number of thioether (sulfide) groups is 1. The zero-order valence-electron chi connectivity index (χ0n) is 11.9. The number of ketones is 2. The molecule has 0 fully saturated rings. The average Bonchev–Trinajstić information content (AvgIpc) is 2.49. The quantitative estimate of drug-likeness (QED) is 0.645. The van der Waals surface area contributed by atoms with Gasteiger partial charge in [-0.3, -0.25) is 9.59 Å². The molecule has 1 atom stereocenters. The number of Topliss-reactive ketones (excluding diaryl/α,β-unsaturated/α-hetero) is 2. The minimum atomic E-state index is -0.417. The second-order valence-electron chi connectivity index (χ2n) is 4.82. The lowest BCUT2D eigenvalue weighted by molar-refractivity contribution is -0.129. The van der Waals surface area contributed by atoms with E-state index in [1.165, 1.54) is 11.8 Å². The molecule has 0 spiro atoms. The lowest BCUT2D eigenvalue weighted by atomic mass is 9.89. The molecule has 0 aliphatic heterocycles. The molecular formula is C16H18O4S. The molecule has 0 aromatic heterocycles. The van der Waals surface area contributed by atoms with Crippen molar-refractivity contribution in [3.63, 3.8) is 0 Å². The minimum absolute atomic E-state index is 0.0577. The second kappa shape index (κ2) is 7.54. The summed E-state index contributed by atoms with van der Waals surface area (Å²) in [6.07, 6.45) is -0.0577. The number of allylic oxidation sites excluding steroid dienone is 1. The molecule has 0 heterocycles. The fraction of sp³-hybridized carbons (Fsp3) is 0.375. The van der Waals surface area contributed by atoms with Crippen LogP contribution in [0.5, 0.6) is 0 Å². The van der Waals surface area contributed by atoms with Crippen LogP contribution in [0.3, 0.4) is 0 Å². The lowest BCUT2D eigenvalue weighted by Crippen LogP contribution is -2.30. The maximum absolute atomic E-state index is 12.1. The van der Waals surface area contributed by atoms with Crippen LogP contribution in [0.25, 0.3) is 0 Å². The van der Waals surface area contributed by atoms with Crippen molar-refractivity contribution in [2.75, 3.05) is 19.8 Å². The van der Waals surface area contributed by atoms with Gasteiger partial charge < -0.3 is 9.84 Å². The largest absolute Gasteiger partial charge is 0.394 e. The highest BCUT2D eigenvalue weighted by molar-refractivity contribution is 8.03. The van der Waals surface area contributed by atoms with Crippen LogP contribution in [0.15, 0.2) is 45.7 Å². The first-order valence-electron chi connectivity index (χ1n) is 6.81. The molecule has 1 aliphatic rings. The van der Waals surface area contributed by atoms with Crippen molar-refractivity contribution in [3.05, 3.63) is 40.8 Å².